The van der Waals surface area contributed by atoms with Gasteiger partial charge in [-0.05, 0) is 37.9 Å². The van der Waals surface area contributed by atoms with Crippen molar-refractivity contribution in [1.82, 2.24) is 10.6 Å². The minimum atomic E-state index is -0.470. The highest BCUT2D eigenvalue weighted by molar-refractivity contribution is 5.95. The van der Waals surface area contributed by atoms with Gasteiger partial charge in [-0.2, -0.15) is 0 Å². The molecule has 0 spiro atoms. The quantitative estimate of drug-likeness (QED) is 0.545. The van der Waals surface area contributed by atoms with Gasteiger partial charge in [0.1, 0.15) is 5.69 Å². The maximum absolute atomic E-state index is 11.5. The average Bonchev–Trinajstić information content (AvgIpc) is 2.99. The van der Waals surface area contributed by atoms with Crippen LogP contribution in [-0.2, 0) is 0 Å². The van der Waals surface area contributed by atoms with Crippen LogP contribution in [-0.4, -0.2) is 37.0 Å². The number of hydrogen-bond acceptors (Lipinski definition) is 5. The molecule has 1 fully saturated rings. The number of anilines is 1. The van der Waals surface area contributed by atoms with Crippen LogP contribution in [0, 0.1) is 10.1 Å². The highest BCUT2D eigenvalue weighted by Gasteiger charge is 2.18. The van der Waals surface area contributed by atoms with E-state index in [9.17, 15) is 14.9 Å². The molecule has 1 aliphatic rings. The fourth-order valence-electron chi connectivity index (χ4n) is 2.50. The predicted octanol–water partition coefficient (Wildman–Crippen LogP) is 1.51. The Bertz CT molecular complexity index is 527. The summed E-state index contributed by atoms with van der Waals surface area (Å²) < 4.78 is 0. The van der Waals surface area contributed by atoms with Gasteiger partial charge in [-0.1, -0.05) is 0 Å². The number of carbonyl (C=O) groups is 1. The number of amides is 1. The molecule has 0 aliphatic carbocycles. The summed E-state index contributed by atoms with van der Waals surface area (Å²) in [5.41, 5.74) is 0.661. The van der Waals surface area contributed by atoms with Crippen LogP contribution >= 0.6 is 0 Å². The van der Waals surface area contributed by atoms with Crippen LogP contribution in [0.1, 0.15) is 29.6 Å². The number of nitro groups is 1. The number of carbonyl (C=O) groups excluding carboxylic acids is 1. The molecule has 1 amide bonds. The lowest BCUT2D eigenvalue weighted by molar-refractivity contribution is -0.384. The number of nitro benzene ring substituents is 1. The molecule has 1 saturated heterocycles. The summed E-state index contributed by atoms with van der Waals surface area (Å²) in [5, 5.41) is 20.1. The number of benzene rings is 1. The molecular weight excluding hydrogens is 272 g/mol. The number of hydrogen-bond donors (Lipinski definition) is 3. The van der Waals surface area contributed by atoms with Crippen LogP contribution in [0.25, 0.3) is 0 Å². The van der Waals surface area contributed by atoms with E-state index < -0.39 is 4.92 Å². The zero-order valence-electron chi connectivity index (χ0n) is 12.0. The van der Waals surface area contributed by atoms with Crippen LogP contribution < -0.4 is 16.0 Å². The van der Waals surface area contributed by atoms with Gasteiger partial charge in [0.25, 0.3) is 11.6 Å². The van der Waals surface area contributed by atoms with Crippen molar-refractivity contribution in [3.63, 3.8) is 0 Å². The first-order valence-corrected chi connectivity index (χ1v) is 7.09. The SMILES string of the molecule is CNC(=O)c1ccc(NCC[C@@H]2CCCN2)c([N+](=O)[O-])c1. The van der Waals surface area contributed by atoms with Crippen molar-refractivity contribution in [3.8, 4) is 0 Å². The van der Waals surface area contributed by atoms with Gasteiger partial charge in [0.2, 0.25) is 0 Å². The summed E-state index contributed by atoms with van der Waals surface area (Å²) >= 11 is 0. The van der Waals surface area contributed by atoms with Gasteiger partial charge in [0.15, 0.2) is 0 Å². The molecule has 1 aliphatic heterocycles. The molecule has 3 N–H and O–H groups in total. The molecule has 7 heteroatoms. The summed E-state index contributed by atoms with van der Waals surface area (Å²) in [4.78, 5) is 22.2. The minimum Gasteiger partial charge on any atom is -0.379 e. The summed E-state index contributed by atoms with van der Waals surface area (Å²) in [6.45, 7) is 1.71. The molecule has 2 rings (SSSR count). The third-order valence-corrected chi connectivity index (χ3v) is 3.65. The third kappa shape index (κ3) is 3.91. The summed E-state index contributed by atoms with van der Waals surface area (Å²) in [6, 6.07) is 4.96. The Morgan fingerprint density at radius 3 is 2.95 bits per heavy atom. The van der Waals surface area contributed by atoms with Crippen LogP contribution in [0.4, 0.5) is 11.4 Å². The predicted molar refractivity (Wildman–Crippen MR) is 80.6 cm³/mol. The molecule has 1 aromatic carbocycles. The Kier molecular flexibility index (Phi) is 5.10. The highest BCUT2D eigenvalue weighted by Crippen LogP contribution is 2.25. The first-order chi connectivity index (χ1) is 10.1. The molecule has 0 radical (unpaired) electrons. The molecule has 0 aromatic heterocycles. The van der Waals surface area contributed by atoms with Crippen LogP contribution in [0.15, 0.2) is 18.2 Å². The monoisotopic (exact) mass is 292 g/mol. The second-order valence-electron chi connectivity index (χ2n) is 5.08. The van der Waals surface area contributed by atoms with E-state index in [1.807, 2.05) is 0 Å². The van der Waals surface area contributed by atoms with Crippen molar-refractivity contribution in [3.05, 3.63) is 33.9 Å². The zero-order valence-corrected chi connectivity index (χ0v) is 12.0. The van der Waals surface area contributed by atoms with Crippen molar-refractivity contribution in [2.45, 2.75) is 25.3 Å². The number of nitrogens with one attached hydrogen (secondary N) is 3. The van der Waals surface area contributed by atoms with Crippen LogP contribution in [0.3, 0.4) is 0 Å². The van der Waals surface area contributed by atoms with E-state index in [0.29, 0.717) is 18.3 Å². The van der Waals surface area contributed by atoms with Crippen LogP contribution in [0.2, 0.25) is 0 Å². The Morgan fingerprint density at radius 1 is 1.52 bits per heavy atom. The summed E-state index contributed by atoms with van der Waals surface area (Å²) in [6.07, 6.45) is 3.26. The van der Waals surface area contributed by atoms with Crippen molar-refractivity contribution in [2.75, 3.05) is 25.5 Å². The van der Waals surface area contributed by atoms with E-state index in [4.69, 9.17) is 0 Å². The lowest BCUT2D eigenvalue weighted by Crippen LogP contribution is -2.24. The Labute approximate surface area is 123 Å². The molecule has 21 heavy (non-hydrogen) atoms. The average molecular weight is 292 g/mol. The topological polar surface area (TPSA) is 96.3 Å². The molecule has 0 saturated carbocycles. The van der Waals surface area contributed by atoms with Crippen molar-refractivity contribution >= 4 is 17.3 Å². The summed E-state index contributed by atoms with van der Waals surface area (Å²) in [7, 11) is 1.49. The molecular formula is C14H20N4O3. The van der Waals surface area contributed by atoms with Gasteiger partial charge in [-0.15, -0.1) is 0 Å². The van der Waals surface area contributed by atoms with Gasteiger partial charge in [0.05, 0.1) is 4.92 Å². The second-order valence-corrected chi connectivity index (χ2v) is 5.08. The molecule has 114 valence electrons. The number of rotatable bonds is 6. The van der Waals surface area contributed by atoms with Crippen molar-refractivity contribution in [2.24, 2.45) is 0 Å². The van der Waals surface area contributed by atoms with E-state index in [0.717, 1.165) is 19.4 Å². The Morgan fingerprint density at radius 2 is 2.33 bits per heavy atom. The van der Waals surface area contributed by atoms with Crippen molar-refractivity contribution in [1.29, 1.82) is 0 Å². The van der Waals surface area contributed by atoms with E-state index in [1.54, 1.807) is 12.1 Å². The number of nitrogens with zero attached hydrogens (tertiary/aromatic N) is 1. The maximum Gasteiger partial charge on any atom is 0.293 e. The summed E-state index contributed by atoms with van der Waals surface area (Å²) in [5.74, 6) is -0.334. The first kappa shape index (κ1) is 15.2. The highest BCUT2D eigenvalue weighted by atomic mass is 16.6. The van der Waals surface area contributed by atoms with Gasteiger partial charge < -0.3 is 16.0 Å². The molecule has 1 heterocycles. The van der Waals surface area contributed by atoms with Gasteiger partial charge in [-0.3, -0.25) is 14.9 Å². The van der Waals surface area contributed by atoms with Gasteiger partial charge >= 0.3 is 0 Å². The van der Waals surface area contributed by atoms with Gasteiger partial charge in [-0.25, -0.2) is 0 Å². The smallest absolute Gasteiger partial charge is 0.293 e. The zero-order chi connectivity index (χ0) is 15.2. The van der Waals surface area contributed by atoms with Crippen molar-refractivity contribution < 1.29 is 9.72 Å². The van der Waals surface area contributed by atoms with E-state index in [2.05, 4.69) is 16.0 Å². The minimum absolute atomic E-state index is 0.0736. The maximum atomic E-state index is 11.5. The lowest BCUT2D eigenvalue weighted by atomic mass is 10.1. The van der Waals surface area contributed by atoms with E-state index >= 15 is 0 Å². The Hall–Kier alpha value is -2.15. The molecule has 1 aromatic rings. The second kappa shape index (κ2) is 7.03. The first-order valence-electron chi connectivity index (χ1n) is 7.09. The van der Waals surface area contributed by atoms with Gasteiger partial charge in [0, 0.05) is 31.3 Å². The molecule has 0 bridgehead atoms. The molecule has 7 nitrogen and oxygen atoms in total. The molecule has 0 unspecified atom stereocenters. The third-order valence-electron chi connectivity index (χ3n) is 3.65. The lowest BCUT2D eigenvalue weighted by Gasteiger charge is -2.12. The van der Waals surface area contributed by atoms with Crippen LogP contribution in [0.5, 0.6) is 0 Å². The van der Waals surface area contributed by atoms with E-state index in [1.165, 1.54) is 19.5 Å². The van der Waals surface area contributed by atoms with E-state index in [-0.39, 0.29) is 17.2 Å². The standard InChI is InChI=1S/C14H20N4O3/c1-15-14(19)10-4-5-12(13(9-10)18(20)21)17-8-6-11-3-2-7-16-11/h4-5,9,11,16-17H,2-3,6-8H2,1H3,(H,15,19)/t11-/m0/s1. The normalized spacial score (nSPS) is 17.5. The fourth-order valence-corrected chi connectivity index (χ4v) is 2.50. The largest absolute Gasteiger partial charge is 0.379 e. The Balaban J connectivity index is 2.03. The fraction of sp³-hybridized carbons (Fsp3) is 0.500. The molecule has 1 atom stereocenters.